The molecule has 0 saturated heterocycles. The summed E-state index contributed by atoms with van der Waals surface area (Å²) >= 11 is 0.488. The quantitative estimate of drug-likeness (QED) is 0.906. The number of benzene rings is 1. The number of carbonyl (C=O) groups excluding carboxylic acids is 1. The van der Waals surface area contributed by atoms with Crippen LogP contribution < -0.4 is 10.2 Å². The first-order valence-electron chi connectivity index (χ1n) is 6.72. The Bertz CT molecular complexity index is 667. The second-order valence-corrected chi connectivity index (χ2v) is 6.01. The summed E-state index contributed by atoms with van der Waals surface area (Å²) in [5.41, 5.74) is 1.46. The summed E-state index contributed by atoms with van der Waals surface area (Å²) < 4.78 is 37.2. The monoisotopic (exact) mass is 344 g/mol. The molecular formula is C14H15F3N4OS. The Morgan fingerprint density at radius 2 is 1.87 bits per heavy atom. The standard InChI is InChI=1S/C14H15F3N4OS/c1-21(2)10-5-3-9(4-6-10)12(22)18-8-7-11-19-20-13(23-11)14(15,16)17/h3-6H,7-8H2,1-2H3,(H,18,22). The van der Waals surface area contributed by atoms with Gasteiger partial charge in [-0.25, -0.2) is 0 Å². The van der Waals surface area contributed by atoms with Gasteiger partial charge in [0, 0.05) is 38.3 Å². The fourth-order valence-corrected chi connectivity index (χ4v) is 2.47. The number of alkyl halides is 3. The third kappa shape index (κ3) is 4.65. The second-order valence-electron chi connectivity index (χ2n) is 4.95. The molecule has 124 valence electrons. The van der Waals surface area contributed by atoms with Crippen molar-refractivity contribution in [1.29, 1.82) is 0 Å². The van der Waals surface area contributed by atoms with E-state index in [-0.39, 0.29) is 23.9 Å². The molecule has 1 heterocycles. The first kappa shape index (κ1) is 17.2. The predicted molar refractivity (Wildman–Crippen MR) is 81.7 cm³/mol. The van der Waals surface area contributed by atoms with Crippen LogP contribution in [0.3, 0.4) is 0 Å². The van der Waals surface area contributed by atoms with Gasteiger partial charge in [0.25, 0.3) is 5.91 Å². The molecule has 0 unspecified atom stereocenters. The average Bonchev–Trinajstić information content (AvgIpc) is 2.96. The Hall–Kier alpha value is -2.16. The second kappa shape index (κ2) is 6.95. The minimum atomic E-state index is -4.48. The van der Waals surface area contributed by atoms with Crippen molar-refractivity contribution in [3.8, 4) is 0 Å². The van der Waals surface area contributed by atoms with E-state index < -0.39 is 11.2 Å². The molecule has 2 rings (SSSR count). The lowest BCUT2D eigenvalue weighted by atomic mass is 10.2. The minimum absolute atomic E-state index is 0.195. The molecule has 5 nitrogen and oxygen atoms in total. The van der Waals surface area contributed by atoms with E-state index in [4.69, 9.17) is 0 Å². The van der Waals surface area contributed by atoms with Gasteiger partial charge in [-0.2, -0.15) is 13.2 Å². The zero-order valence-corrected chi connectivity index (χ0v) is 13.3. The molecule has 0 spiro atoms. The largest absolute Gasteiger partial charge is 0.445 e. The van der Waals surface area contributed by atoms with E-state index in [1.165, 1.54) is 0 Å². The molecule has 1 N–H and O–H groups in total. The number of hydrogen-bond acceptors (Lipinski definition) is 5. The van der Waals surface area contributed by atoms with Gasteiger partial charge in [-0.3, -0.25) is 4.79 Å². The highest BCUT2D eigenvalue weighted by atomic mass is 32.1. The predicted octanol–water partition coefficient (Wildman–Crippen LogP) is 2.60. The molecule has 0 aliphatic heterocycles. The number of nitrogens with zero attached hydrogens (tertiary/aromatic N) is 3. The van der Waals surface area contributed by atoms with Gasteiger partial charge in [0.2, 0.25) is 5.01 Å². The topological polar surface area (TPSA) is 58.1 Å². The molecule has 0 bridgehead atoms. The summed E-state index contributed by atoms with van der Waals surface area (Å²) in [5.74, 6) is -0.282. The maximum atomic E-state index is 12.4. The zero-order chi connectivity index (χ0) is 17.0. The summed E-state index contributed by atoms with van der Waals surface area (Å²) in [6, 6.07) is 7.01. The van der Waals surface area contributed by atoms with E-state index in [0.717, 1.165) is 5.69 Å². The molecule has 0 saturated carbocycles. The van der Waals surface area contributed by atoms with Crippen molar-refractivity contribution in [3.05, 3.63) is 39.8 Å². The molecule has 1 amide bonds. The van der Waals surface area contributed by atoms with Gasteiger partial charge in [0.15, 0.2) is 0 Å². The highest BCUT2D eigenvalue weighted by Gasteiger charge is 2.35. The van der Waals surface area contributed by atoms with Gasteiger partial charge in [0.1, 0.15) is 5.01 Å². The number of hydrogen-bond donors (Lipinski definition) is 1. The molecule has 2 aromatic rings. The highest BCUT2D eigenvalue weighted by Crippen LogP contribution is 2.31. The Balaban J connectivity index is 1.86. The number of anilines is 1. The Morgan fingerprint density at radius 1 is 1.22 bits per heavy atom. The van der Waals surface area contributed by atoms with E-state index >= 15 is 0 Å². The minimum Gasteiger partial charge on any atom is -0.378 e. The van der Waals surface area contributed by atoms with Crippen LogP contribution in [0, 0.1) is 0 Å². The molecular weight excluding hydrogens is 329 g/mol. The van der Waals surface area contributed by atoms with E-state index in [9.17, 15) is 18.0 Å². The van der Waals surface area contributed by atoms with Crippen LogP contribution in [0.1, 0.15) is 20.4 Å². The molecule has 0 fully saturated rings. The van der Waals surface area contributed by atoms with Gasteiger partial charge >= 0.3 is 6.18 Å². The van der Waals surface area contributed by atoms with Crippen LogP contribution in [-0.4, -0.2) is 36.7 Å². The molecule has 1 aromatic heterocycles. The van der Waals surface area contributed by atoms with E-state index in [2.05, 4.69) is 15.5 Å². The van der Waals surface area contributed by atoms with Crippen LogP contribution in [0.4, 0.5) is 18.9 Å². The third-order valence-corrected chi connectivity index (χ3v) is 4.01. The summed E-state index contributed by atoms with van der Waals surface area (Å²) in [6.07, 6.45) is -4.28. The number of halogens is 3. The van der Waals surface area contributed by atoms with Crippen LogP contribution in [0.15, 0.2) is 24.3 Å². The number of aromatic nitrogens is 2. The molecule has 23 heavy (non-hydrogen) atoms. The Labute approximate surface area is 135 Å². The molecule has 9 heteroatoms. The van der Waals surface area contributed by atoms with E-state index in [0.29, 0.717) is 16.9 Å². The van der Waals surface area contributed by atoms with Crippen molar-refractivity contribution in [2.24, 2.45) is 0 Å². The van der Waals surface area contributed by atoms with Crippen LogP contribution in [0.5, 0.6) is 0 Å². The third-order valence-electron chi connectivity index (χ3n) is 2.98. The summed E-state index contributed by atoms with van der Waals surface area (Å²) in [6.45, 7) is 0.195. The number of carbonyl (C=O) groups is 1. The number of amides is 1. The van der Waals surface area contributed by atoms with Crippen molar-refractivity contribution < 1.29 is 18.0 Å². The lowest BCUT2D eigenvalue weighted by Gasteiger charge is -2.12. The summed E-state index contributed by atoms with van der Waals surface area (Å²) in [4.78, 5) is 13.9. The zero-order valence-electron chi connectivity index (χ0n) is 12.5. The summed E-state index contributed by atoms with van der Waals surface area (Å²) in [5, 5.41) is 8.48. The maximum absolute atomic E-state index is 12.4. The molecule has 0 aliphatic carbocycles. The van der Waals surface area contributed by atoms with Crippen LogP contribution in [0.2, 0.25) is 0 Å². The molecule has 0 atom stereocenters. The Kier molecular flexibility index (Phi) is 5.19. The Morgan fingerprint density at radius 3 is 2.39 bits per heavy atom. The summed E-state index contributed by atoms with van der Waals surface area (Å²) in [7, 11) is 3.79. The van der Waals surface area contributed by atoms with E-state index in [1.54, 1.807) is 12.1 Å². The van der Waals surface area contributed by atoms with Crippen LogP contribution in [-0.2, 0) is 12.6 Å². The smallest absolute Gasteiger partial charge is 0.378 e. The lowest BCUT2D eigenvalue weighted by Crippen LogP contribution is -2.25. The van der Waals surface area contributed by atoms with Gasteiger partial charge < -0.3 is 10.2 Å². The fraction of sp³-hybridized carbons (Fsp3) is 0.357. The fourth-order valence-electron chi connectivity index (χ4n) is 1.77. The SMILES string of the molecule is CN(C)c1ccc(C(=O)NCCc2nnc(C(F)(F)F)s2)cc1. The van der Waals surface area contributed by atoms with Crippen molar-refractivity contribution in [2.75, 3.05) is 25.5 Å². The van der Waals surface area contributed by atoms with Crippen molar-refractivity contribution in [3.63, 3.8) is 0 Å². The number of nitrogens with one attached hydrogen (secondary N) is 1. The van der Waals surface area contributed by atoms with Crippen molar-refractivity contribution in [2.45, 2.75) is 12.6 Å². The maximum Gasteiger partial charge on any atom is 0.445 e. The van der Waals surface area contributed by atoms with Gasteiger partial charge in [0.05, 0.1) is 0 Å². The van der Waals surface area contributed by atoms with Crippen LogP contribution in [0.25, 0.3) is 0 Å². The molecule has 0 radical (unpaired) electrons. The van der Waals surface area contributed by atoms with Gasteiger partial charge in [-0.05, 0) is 24.3 Å². The van der Waals surface area contributed by atoms with Crippen molar-refractivity contribution >= 4 is 22.9 Å². The normalized spacial score (nSPS) is 11.3. The molecule has 1 aromatic carbocycles. The first-order chi connectivity index (χ1) is 10.8. The van der Waals surface area contributed by atoms with Gasteiger partial charge in [-0.1, -0.05) is 11.3 Å². The highest BCUT2D eigenvalue weighted by molar-refractivity contribution is 7.11. The van der Waals surface area contributed by atoms with Crippen LogP contribution >= 0.6 is 11.3 Å². The number of rotatable bonds is 5. The van der Waals surface area contributed by atoms with E-state index in [1.807, 2.05) is 31.1 Å². The molecule has 0 aliphatic rings. The first-order valence-corrected chi connectivity index (χ1v) is 7.54. The average molecular weight is 344 g/mol. The lowest BCUT2D eigenvalue weighted by molar-refractivity contribution is -0.138. The van der Waals surface area contributed by atoms with Gasteiger partial charge in [-0.15, -0.1) is 10.2 Å². The van der Waals surface area contributed by atoms with Crippen molar-refractivity contribution in [1.82, 2.24) is 15.5 Å².